The number of nitrogens with zero attached hydrogens (tertiary/aromatic N) is 2. The Morgan fingerprint density at radius 2 is 1.96 bits per heavy atom. The number of benzene rings is 1. The molecule has 0 saturated heterocycles. The van der Waals surface area contributed by atoms with Gasteiger partial charge in [0.05, 0.1) is 0 Å². The van der Waals surface area contributed by atoms with E-state index in [0.29, 0.717) is 6.04 Å². The molecule has 1 aromatic heterocycles. The summed E-state index contributed by atoms with van der Waals surface area (Å²) in [4.78, 5) is 17.1. The van der Waals surface area contributed by atoms with Crippen molar-refractivity contribution in [2.24, 2.45) is 0 Å². The summed E-state index contributed by atoms with van der Waals surface area (Å²) in [6, 6.07) is 8.26. The van der Waals surface area contributed by atoms with Gasteiger partial charge >= 0.3 is 5.69 Å². The maximum absolute atomic E-state index is 12.7. The third kappa shape index (κ3) is 3.02. The Labute approximate surface area is 151 Å². The molecule has 3 nitrogen and oxygen atoms in total. The first kappa shape index (κ1) is 16.2. The van der Waals surface area contributed by atoms with Crippen LogP contribution in [0.5, 0.6) is 0 Å². The third-order valence-corrected chi connectivity index (χ3v) is 6.59. The molecule has 0 radical (unpaired) electrons. The van der Waals surface area contributed by atoms with E-state index < -0.39 is 0 Å². The van der Waals surface area contributed by atoms with Crippen LogP contribution in [0.15, 0.2) is 34.1 Å². The molecule has 0 spiro atoms. The molecule has 2 aromatic rings. The van der Waals surface area contributed by atoms with Crippen LogP contribution >= 0.6 is 23.4 Å². The minimum Gasteiger partial charge on any atom is -0.293 e. The molecule has 5 heteroatoms. The third-order valence-electron chi connectivity index (χ3n) is 5.15. The molecule has 0 bridgehead atoms. The Balaban J connectivity index is 1.65. The van der Waals surface area contributed by atoms with Crippen LogP contribution in [0.3, 0.4) is 0 Å². The first-order chi connectivity index (χ1) is 11.7. The number of hydrogen-bond donors (Lipinski definition) is 0. The van der Waals surface area contributed by atoms with Gasteiger partial charge in [-0.2, -0.15) is 4.98 Å². The Morgan fingerprint density at radius 3 is 2.75 bits per heavy atom. The zero-order valence-electron chi connectivity index (χ0n) is 13.6. The standard InChI is InChI=1S/C19H21ClN2OS/c20-16-10-4-1-6-13(16)12-24-18-15-9-5-11-17(15)22(19(23)21-18)14-7-2-3-8-14/h1,4,6,10,14H,2-3,5,7-9,11-12H2. The fraction of sp³-hybridized carbons (Fsp3) is 0.474. The molecular formula is C19H21ClN2OS. The molecule has 24 heavy (non-hydrogen) atoms. The SMILES string of the molecule is O=c1nc(SCc2ccccc2Cl)c2c(n1C1CCCC1)CCC2. The second kappa shape index (κ2) is 6.93. The largest absolute Gasteiger partial charge is 0.349 e. The fourth-order valence-electron chi connectivity index (χ4n) is 3.97. The normalized spacial score (nSPS) is 17.4. The maximum Gasteiger partial charge on any atom is 0.349 e. The lowest BCUT2D eigenvalue weighted by Crippen LogP contribution is -2.29. The van der Waals surface area contributed by atoms with E-state index >= 15 is 0 Å². The van der Waals surface area contributed by atoms with Crippen molar-refractivity contribution in [2.45, 2.75) is 61.8 Å². The smallest absolute Gasteiger partial charge is 0.293 e. The molecule has 1 fully saturated rings. The summed E-state index contributed by atoms with van der Waals surface area (Å²) in [6.45, 7) is 0. The van der Waals surface area contributed by atoms with Crippen molar-refractivity contribution in [3.63, 3.8) is 0 Å². The van der Waals surface area contributed by atoms with Gasteiger partial charge in [-0.1, -0.05) is 42.6 Å². The van der Waals surface area contributed by atoms with Gasteiger partial charge in [-0.05, 0) is 43.7 Å². The van der Waals surface area contributed by atoms with Crippen LogP contribution in [-0.2, 0) is 18.6 Å². The number of rotatable bonds is 4. The number of thioether (sulfide) groups is 1. The van der Waals surface area contributed by atoms with Crippen LogP contribution in [0.2, 0.25) is 5.02 Å². The molecule has 0 amide bonds. The van der Waals surface area contributed by atoms with Crippen LogP contribution in [-0.4, -0.2) is 9.55 Å². The average molecular weight is 361 g/mol. The fourth-order valence-corrected chi connectivity index (χ4v) is 5.33. The van der Waals surface area contributed by atoms with E-state index in [1.54, 1.807) is 11.8 Å². The van der Waals surface area contributed by atoms with Gasteiger partial charge < -0.3 is 0 Å². The number of halogens is 1. The molecule has 4 rings (SSSR count). The van der Waals surface area contributed by atoms with Gasteiger partial charge in [0.25, 0.3) is 0 Å². The highest BCUT2D eigenvalue weighted by Crippen LogP contribution is 2.36. The lowest BCUT2D eigenvalue weighted by molar-refractivity contribution is 0.471. The van der Waals surface area contributed by atoms with Gasteiger partial charge in [0.1, 0.15) is 5.03 Å². The van der Waals surface area contributed by atoms with E-state index in [0.717, 1.165) is 53.5 Å². The predicted molar refractivity (Wildman–Crippen MR) is 99.0 cm³/mol. The Kier molecular flexibility index (Phi) is 4.68. The van der Waals surface area contributed by atoms with Gasteiger partial charge in [0, 0.05) is 28.1 Å². The molecule has 1 heterocycles. The Bertz CT molecular complexity index is 811. The second-order valence-corrected chi connectivity index (χ2v) is 8.04. The van der Waals surface area contributed by atoms with E-state index in [2.05, 4.69) is 4.98 Å². The predicted octanol–water partition coefficient (Wildman–Crippen LogP) is 4.79. The van der Waals surface area contributed by atoms with Crippen molar-refractivity contribution >= 4 is 23.4 Å². The van der Waals surface area contributed by atoms with Crippen molar-refractivity contribution in [3.05, 3.63) is 56.6 Å². The first-order valence-corrected chi connectivity index (χ1v) is 10.1. The van der Waals surface area contributed by atoms with Gasteiger partial charge in [0.15, 0.2) is 0 Å². The highest BCUT2D eigenvalue weighted by molar-refractivity contribution is 7.98. The van der Waals surface area contributed by atoms with Gasteiger partial charge in [-0.15, -0.1) is 11.8 Å². The molecule has 2 aliphatic carbocycles. The van der Waals surface area contributed by atoms with Crippen molar-refractivity contribution in [1.82, 2.24) is 9.55 Å². The monoisotopic (exact) mass is 360 g/mol. The van der Waals surface area contributed by atoms with E-state index in [1.807, 2.05) is 28.8 Å². The number of aromatic nitrogens is 2. The lowest BCUT2D eigenvalue weighted by atomic mass is 10.2. The summed E-state index contributed by atoms with van der Waals surface area (Å²) in [7, 11) is 0. The van der Waals surface area contributed by atoms with Crippen LogP contribution in [0.4, 0.5) is 0 Å². The number of fused-ring (bicyclic) bond motifs is 1. The minimum absolute atomic E-state index is 0.0517. The summed E-state index contributed by atoms with van der Waals surface area (Å²) in [5, 5.41) is 1.70. The van der Waals surface area contributed by atoms with Crippen LogP contribution in [0.25, 0.3) is 0 Å². The first-order valence-electron chi connectivity index (χ1n) is 8.74. The van der Waals surface area contributed by atoms with E-state index in [4.69, 9.17) is 11.6 Å². The van der Waals surface area contributed by atoms with Crippen molar-refractivity contribution < 1.29 is 0 Å². The van der Waals surface area contributed by atoms with Gasteiger partial charge in [0.2, 0.25) is 0 Å². The van der Waals surface area contributed by atoms with Gasteiger partial charge in [-0.25, -0.2) is 4.79 Å². The van der Waals surface area contributed by atoms with Crippen molar-refractivity contribution in [1.29, 1.82) is 0 Å². The maximum atomic E-state index is 12.7. The van der Waals surface area contributed by atoms with Crippen LogP contribution in [0.1, 0.15) is 55.0 Å². The van der Waals surface area contributed by atoms with Crippen molar-refractivity contribution in [2.75, 3.05) is 0 Å². The molecule has 1 aromatic carbocycles. The van der Waals surface area contributed by atoms with Crippen LogP contribution < -0.4 is 5.69 Å². The number of hydrogen-bond acceptors (Lipinski definition) is 3. The zero-order valence-corrected chi connectivity index (χ0v) is 15.2. The van der Waals surface area contributed by atoms with Gasteiger partial charge in [-0.3, -0.25) is 4.57 Å². The average Bonchev–Trinajstić information content (AvgIpc) is 3.25. The van der Waals surface area contributed by atoms with E-state index in [9.17, 15) is 4.79 Å². The summed E-state index contributed by atoms with van der Waals surface area (Å²) < 4.78 is 2.02. The molecule has 0 N–H and O–H groups in total. The zero-order chi connectivity index (χ0) is 16.5. The molecule has 0 atom stereocenters. The molecule has 0 aliphatic heterocycles. The van der Waals surface area contributed by atoms with E-state index in [1.165, 1.54) is 24.1 Å². The molecule has 2 aliphatic rings. The minimum atomic E-state index is -0.0517. The second-order valence-electron chi connectivity index (χ2n) is 6.67. The molecular weight excluding hydrogens is 340 g/mol. The van der Waals surface area contributed by atoms with Crippen LogP contribution in [0, 0.1) is 0 Å². The van der Waals surface area contributed by atoms with Crippen molar-refractivity contribution in [3.8, 4) is 0 Å². The Hall–Kier alpha value is -1.26. The highest BCUT2D eigenvalue weighted by atomic mass is 35.5. The molecule has 0 unspecified atom stereocenters. The quantitative estimate of drug-likeness (QED) is 0.580. The summed E-state index contributed by atoms with van der Waals surface area (Å²) >= 11 is 7.90. The Morgan fingerprint density at radius 1 is 1.17 bits per heavy atom. The summed E-state index contributed by atoms with van der Waals surface area (Å²) in [6.07, 6.45) is 7.90. The summed E-state index contributed by atoms with van der Waals surface area (Å²) in [5.41, 5.74) is 3.60. The van der Waals surface area contributed by atoms with E-state index in [-0.39, 0.29) is 5.69 Å². The topological polar surface area (TPSA) is 34.9 Å². The highest BCUT2D eigenvalue weighted by Gasteiger charge is 2.27. The molecule has 126 valence electrons. The summed E-state index contributed by atoms with van der Waals surface area (Å²) in [5.74, 6) is 0.756. The molecule has 1 saturated carbocycles. The lowest BCUT2D eigenvalue weighted by Gasteiger charge is -2.19.